The van der Waals surface area contributed by atoms with Crippen molar-refractivity contribution in [1.82, 2.24) is 4.98 Å². The van der Waals surface area contributed by atoms with Crippen molar-refractivity contribution in [3.63, 3.8) is 0 Å². The summed E-state index contributed by atoms with van der Waals surface area (Å²) in [5, 5.41) is 8.81. The quantitative estimate of drug-likeness (QED) is 0.693. The summed E-state index contributed by atoms with van der Waals surface area (Å²) in [6, 6.07) is 2.00. The minimum Gasteiger partial charge on any atom is -0.392 e. The van der Waals surface area contributed by atoms with Gasteiger partial charge in [-0.25, -0.2) is 0 Å². The molecule has 0 aromatic carbocycles. The molecule has 0 fully saturated rings. The lowest BCUT2D eigenvalue weighted by Crippen LogP contribution is -1.94. The molecule has 2 heteroatoms. The van der Waals surface area contributed by atoms with Gasteiger partial charge in [-0.3, -0.25) is 4.98 Å². The van der Waals surface area contributed by atoms with Gasteiger partial charge in [0, 0.05) is 11.9 Å². The maximum Gasteiger partial charge on any atom is 0.0696 e. The first kappa shape index (κ1) is 8.21. The van der Waals surface area contributed by atoms with Crippen molar-refractivity contribution in [1.29, 1.82) is 0 Å². The molecule has 1 aromatic heterocycles. The molecule has 0 radical (unpaired) electrons. The summed E-state index contributed by atoms with van der Waals surface area (Å²) in [5.41, 5.74) is 3.17. The Bertz CT molecular complexity index is 245. The summed E-state index contributed by atoms with van der Waals surface area (Å²) < 4.78 is 0. The zero-order chi connectivity index (χ0) is 8.27. The van der Waals surface area contributed by atoms with Crippen LogP contribution in [0.1, 0.15) is 23.7 Å². The summed E-state index contributed by atoms with van der Waals surface area (Å²) in [6.07, 6.45) is 2.70. The van der Waals surface area contributed by atoms with Crippen molar-refractivity contribution >= 4 is 0 Å². The van der Waals surface area contributed by atoms with Crippen LogP contribution in [0.5, 0.6) is 0 Å². The normalized spacial score (nSPS) is 10.1. The monoisotopic (exact) mass is 151 g/mol. The molecule has 0 atom stereocenters. The Balaban J connectivity index is 3.02. The Morgan fingerprint density at radius 1 is 1.55 bits per heavy atom. The van der Waals surface area contributed by atoms with Crippen LogP contribution < -0.4 is 0 Å². The molecule has 0 spiro atoms. The van der Waals surface area contributed by atoms with E-state index in [0.717, 1.165) is 17.7 Å². The van der Waals surface area contributed by atoms with E-state index >= 15 is 0 Å². The van der Waals surface area contributed by atoms with Crippen molar-refractivity contribution < 1.29 is 5.11 Å². The molecule has 60 valence electrons. The number of hydrogen-bond acceptors (Lipinski definition) is 2. The molecule has 0 aliphatic carbocycles. The molecule has 1 N–H and O–H groups in total. The fourth-order valence-corrected chi connectivity index (χ4v) is 1.07. The zero-order valence-electron chi connectivity index (χ0n) is 6.96. The minimum absolute atomic E-state index is 0.0836. The van der Waals surface area contributed by atoms with Crippen molar-refractivity contribution in [2.75, 3.05) is 0 Å². The number of rotatable bonds is 2. The second-order valence-electron chi connectivity index (χ2n) is 2.60. The van der Waals surface area contributed by atoms with E-state index in [1.807, 2.05) is 13.0 Å². The van der Waals surface area contributed by atoms with Gasteiger partial charge in [-0.15, -0.1) is 0 Å². The lowest BCUT2D eigenvalue weighted by atomic mass is 10.1. The second-order valence-corrected chi connectivity index (χ2v) is 2.60. The third-order valence-electron chi connectivity index (χ3n) is 1.81. The topological polar surface area (TPSA) is 33.1 Å². The van der Waals surface area contributed by atoms with E-state index in [2.05, 4.69) is 11.9 Å². The number of aliphatic hydroxyl groups excluding tert-OH is 1. The van der Waals surface area contributed by atoms with Crippen LogP contribution in [0.25, 0.3) is 0 Å². The average molecular weight is 151 g/mol. The van der Waals surface area contributed by atoms with Gasteiger partial charge in [0.2, 0.25) is 0 Å². The summed E-state index contributed by atoms with van der Waals surface area (Å²) in [7, 11) is 0. The summed E-state index contributed by atoms with van der Waals surface area (Å²) >= 11 is 0. The second kappa shape index (κ2) is 3.49. The molecule has 0 amide bonds. The van der Waals surface area contributed by atoms with E-state index in [-0.39, 0.29) is 6.61 Å². The van der Waals surface area contributed by atoms with Gasteiger partial charge in [-0.05, 0) is 24.5 Å². The molecule has 11 heavy (non-hydrogen) atoms. The van der Waals surface area contributed by atoms with E-state index in [9.17, 15) is 0 Å². The first-order valence-electron chi connectivity index (χ1n) is 3.83. The lowest BCUT2D eigenvalue weighted by Gasteiger charge is -2.02. The average Bonchev–Trinajstić information content (AvgIpc) is 2.05. The Hall–Kier alpha value is -0.890. The van der Waals surface area contributed by atoms with Crippen LogP contribution in [0.4, 0.5) is 0 Å². The van der Waals surface area contributed by atoms with Crippen LogP contribution in [0.15, 0.2) is 12.3 Å². The Kier molecular flexibility index (Phi) is 2.60. The number of aliphatic hydroxyl groups is 1. The van der Waals surface area contributed by atoms with Crippen LogP contribution in [0.2, 0.25) is 0 Å². The number of hydrogen-bond donors (Lipinski definition) is 1. The van der Waals surface area contributed by atoms with Gasteiger partial charge in [-0.2, -0.15) is 0 Å². The third-order valence-corrected chi connectivity index (χ3v) is 1.81. The molecule has 0 aliphatic heterocycles. The van der Waals surface area contributed by atoms with Gasteiger partial charge in [0.1, 0.15) is 0 Å². The largest absolute Gasteiger partial charge is 0.392 e. The highest BCUT2D eigenvalue weighted by Crippen LogP contribution is 2.08. The van der Waals surface area contributed by atoms with Gasteiger partial charge < -0.3 is 5.11 Å². The predicted octanol–water partition coefficient (Wildman–Crippen LogP) is 1.44. The Morgan fingerprint density at radius 2 is 2.27 bits per heavy atom. The first-order valence-corrected chi connectivity index (χ1v) is 3.83. The van der Waals surface area contributed by atoms with Crippen LogP contribution in [0.3, 0.4) is 0 Å². The number of pyridine rings is 1. The van der Waals surface area contributed by atoms with Crippen molar-refractivity contribution in [3.05, 3.63) is 29.1 Å². The van der Waals surface area contributed by atoms with Crippen molar-refractivity contribution in [2.24, 2.45) is 0 Å². The zero-order valence-corrected chi connectivity index (χ0v) is 6.96. The van der Waals surface area contributed by atoms with E-state index in [0.29, 0.717) is 0 Å². The minimum atomic E-state index is 0.0836. The molecule has 0 aliphatic rings. The number of aromatic nitrogens is 1. The molecule has 1 heterocycles. The van der Waals surface area contributed by atoms with Crippen LogP contribution in [-0.2, 0) is 13.0 Å². The molecular formula is C9H13NO. The van der Waals surface area contributed by atoms with Crippen LogP contribution in [0, 0.1) is 6.92 Å². The Labute approximate surface area is 66.9 Å². The predicted molar refractivity (Wildman–Crippen MR) is 44.3 cm³/mol. The fraction of sp³-hybridized carbons (Fsp3) is 0.444. The molecule has 2 nitrogen and oxygen atoms in total. The molecule has 0 unspecified atom stereocenters. The number of nitrogens with zero attached hydrogens (tertiary/aromatic N) is 1. The molecule has 0 saturated carbocycles. The lowest BCUT2D eigenvalue weighted by molar-refractivity contribution is 0.281. The fourth-order valence-electron chi connectivity index (χ4n) is 1.07. The smallest absolute Gasteiger partial charge is 0.0696 e. The highest BCUT2D eigenvalue weighted by atomic mass is 16.3. The van der Waals surface area contributed by atoms with E-state index < -0.39 is 0 Å². The first-order chi connectivity index (χ1) is 5.27. The maximum atomic E-state index is 8.81. The summed E-state index contributed by atoms with van der Waals surface area (Å²) in [5.74, 6) is 0. The van der Waals surface area contributed by atoms with Gasteiger partial charge in [0.15, 0.2) is 0 Å². The summed E-state index contributed by atoms with van der Waals surface area (Å²) in [4.78, 5) is 4.16. The van der Waals surface area contributed by atoms with Gasteiger partial charge in [0.25, 0.3) is 0 Å². The standard InChI is InChI=1S/C9H13NO/c1-3-9-4-8(6-11)5-10-7(9)2/h4-5,11H,3,6H2,1-2H3. The summed E-state index contributed by atoms with van der Waals surface area (Å²) in [6.45, 7) is 4.16. The Morgan fingerprint density at radius 3 is 2.82 bits per heavy atom. The molecule has 1 aromatic rings. The SMILES string of the molecule is CCc1cc(CO)cnc1C. The van der Waals surface area contributed by atoms with Gasteiger partial charge in [0.05, 0.1) is 6.61 Å². The highest BCUT2D eigenvalue weighted by molar-refractivity contribution is 5.23. The highest BCUT2D eigenvalue weighted by Gasteiger charge is 1.97. The van der Waals surface area contributed by atoms with Gasteiger partial charge in [-0.1, -0.05) is 13.0 Å². The maximum absolute atomic E-state index is 8.81. The molecular weight excluding hydrogens is 138 g/mol. The number of aryl methyl sites for hydroxylation is 2. The van der Waals surface area contributed by atoms with E-state index in [1.54, 1.807) is 6.20 Å². The van der Waals surface area contributed by atoms with Gasteiger partial charge >= 0.3 is 0 Å². The molecule has 0 bridgehead atoms. The van der Waals surface area contributed by atoms with Crippen LogP contribution >= 0.6 is 0 Å². The van der Waals surface area contributed by atoms with Crippen LogP contribution in [-0.4, -0.2) is 10.1 Å². The van der Waals surface area contributed by atoms with E-state index in [4.69, 9.17) is 5.11 Å². The molecule has 1 rings (SSSR count). The van der Waals surface area contributed by atoms with E-state index in [1.165, 1.54) is 5.56 Å². The van der Waals surface area contributed by atoms with Crippen molar-refractivity contribution in [3.8, 4) is 0 Å². The third kappa shape index (κ3) is 1.77. The van der Waals surface area contributed by atoms with Crippen molar-refractivity contribution in [2.45, 2.75) is 26.9 Å². The molecule has 0 saturated heterocycles.